The van der Waals surface area contributed by atoms with Gasteiger partial charge in [0.25, 0.3) is 5.82 Å². The number of benzene rings is 1. The number of carboxylic acids is 1. The van der Waals surface area contributed by atoms with Gasteiger partial charge in [0.2, 0.25) is 0 Å². The number of carboxylic acid groups (broad SMARTS) is 1. The number of hydrogen-bond donors (Lipinski definition) is 1. The van der Waals surface area contributed by atoms with Crippen LogP contribution in [0.25, 0.3) is 5.69 Å². The van der Waals surface area contributed by atoms with Gasteiger partial charge in [-0.25, -0.2) is 23.2 Å². The minimum Gasteiger partial charge on any atom is -0.475 e. The van der Waals surface area contributed by atoms with Crippen LogP contribution in [-0.2, 0) is 6.42 Å². The summed E-state index contributed by atoms with van der Waals surface area (Å²) in [5, 5.41) is 12.6. The highest BCUT2D eigenvalue weighted by Crippen LogP contribution is 2.26. The molecule has 0 saturated carbocycles. The standard InChI is InChI=1S/C11H8BrF2N3O2/c1-2-8-15-10(11(18)19)16-17(8)9-6(12)3-5(13)4-7(9)14/h3-4H,2H2,1H3,(H,18,19). The van der Waals surface area contributed by atoms with Crippen LogP contribution in [0.5, 0.6) is 0 Å². The van der Waals surface area contributed by atoms with Crippen molar-refractivity contribution in [2.45, 2.75) is 13.3 Å². The Labute approximate surface area is 115 Å². The lowest BCUT2D eigenvalue weighted by Crippen LogP contribution is -2.07. The molecule has 2 aromatic rings. The first kappa shape index (κ1) is 13.6. The van der Waals surface area contributed by atoms with E-state index in [0.717, 1.165) is 10.7 Å². The fraction of sp³-hybridized carbons (Fsp3) is 0.182. The van der Waals surface area contributed by atoms with E-state index in [0.29, 0.717) is 12.5 Å². The van der Waals surface area contributed by atoms with E-state index in [9.17, 15) is 13.6 Å². The quantitative estimate of drug-likeness (QED) is 0.938. The molecule has 100 valence electrons. The number of aromatic nitrogens is 3. The molecule has 8 heteroatoms. The third kappa shape index (κ3) is 2.48. The summed E-state index contributed by atoms with van der Waals surface area (Å²) in [6.07, 6.45) is 0.351. The normalized spacial score (nSPS) is 10.7. The summed E-state index contributed by atoms with van der Waals surface area (Å²) in [4.78, 5) is 14.6. The fourth-order valence-corrected chi connectivity index (χ4v) is 2.16. The predicted molar refractivity (Wildman–Crippen MR) is 65.3 cm³/mol. The molecule has 0 atom stereocenters. The first-order valence-corrected chi connectivity index (χ1v) is 6.07. The molecule has 0 bridgehead atoms. The number of rotatable bonds is 3. The maximum Gasteiger partial charge on any atom is 0.375 e. The van der Waals surface area contributed by atoms with Crippen molar-refractivity contribution in [2.75, 3.05) is 0 Å². The Morgan fingerprint density at radius 1 is 1.47 bits per heavy atom. The molecular weight excluding hydrogens is 324 g/mol. The summed E-state index contributed by atoms with van der Waals surface area (Å²) in [6, 6.07) is 1.77. The van der Waals surface area contributed by atoms with E-state index in [1.807, 2.05) is 0 Å². The minimum atomic E-state index is -1.31. The van der Waals surface area contributed by atoms with Crippen LogP contribution in [0.1, 0.15) is 23.4 Å². The van der Waals surface area contributed by atoms with Gasteiger partial charge in [-0.1, -0.05) is 6.92 Å². The average molecular weight is 332 g/mol. The second-order valence-corrected chi connectivity index (χ2v) is 4.49. The molecule has 0 radical (unpaired) electrons. The lowest BCUT2D eigenvalue weighted by Gasteiger charge is -2.08. The zero-order chi connectivity index (χ0) is 14.2. The number of aryl methyl sites for hydroxylation is 1. The van der Waals surface area contributed by atoms with E-state index < -0.39 is 23.4 Å². The third-order valence-corrected chi connectivity index (χ3v) is 2.98. The zero-order valence-electron chi connectivity index (χ0n) is 9.69. The molecule has 19 heavy (non-hydrogen) atoms. The van der Waals surface area contributed by atoms with Gasteiger partial charge < -0.3 is 5.11 Å². The smallest absolute Gasteiger partial charge is 0.375 e. The Kier molecular flexibility index (Phi) is 3.61. The lowest BCUT2D eigenvalue weighted by atomic mass is 10.3. The van der Waals surface area contributed by atoms with Crippen LogP contribution >= 0.6 is 15.9 Å². The van der Waals surface area contributed by atoms with Crippen LogP contribution in [-0.4, -0.2) is 25.8 Å². The summed E-state index contributed by atoms with van der Waals surface area (Å²) >= 11 is 3.03. The van der Waals surface area contributed by atoms with Crippen molar-refractivity contribution in [1.82, 2.24) is 14.8 Å². The third-order valence-electron chi connectivity index (χ3n) is 2.38. The molecule has 0 aliphatic heterocycles. The molecule has 0 aliphatic rings. The highest BCUT2D eigenvalue weighted by Gasteiger charge is 2.20. The van der Waals surface area contributed by atoms with Gasteiger partial charge in [0.1, 0.15) is 17.3 Å². The number of aromatic carboxylic acids is 1. The summed E-state index contributed by atoms with van der Waals surface area (Å²) < 4.78 is 28.0. The van der Waals surface area contributed by atoms with Gasteiger partial charge >= 0.3 is 5.97 Å². The molecule has 0 spiro atoms. The van der Waals surface area contributed by atoms with Crippen molar-refractivity contribution >= 4 is 21.9 Å². The van der Waals surface area contributed by atoms with Crippen LogP contribution in [0, 0.1) is 11.6 Å². The molecule has 1 heterocycles. The molecule has 0 fully saturated rings. The van der Waals surface area contributed by atoms with Gasteiger partial charge in [-0.05, 0) is 22.0 Å². The largest absolute Gasteiger partial charge is 0.475 e. The molecule has 1 aromatic heterocycles. The minimum absolute atomic E-state index is 0.0711. The van der Waals surface area contributed by atoms with Crippen molar-refractivity contribution in [2.24, 2.45) is 0 Å². The first-order chi connectivity index (χ1) is 8.93. The van der Waals surface area contributed by atoms with Crippen LogP contribution in [0.15, 0.2) is 16.6 Å². The Bertz CT molecular complexity index is 634. The number of halogens is 3. The number of hydrogen-bond acceptors (Lipinski definition) is 3. The summed E-state index contributed by atoms with van der Waals surface area (Å²) in [7, 11) is 0. The number of carbonyl (C=O) groups is 1. The Morgan fingerprint density at radius 2 is 2.16 bits per heavy atom. The van der Waals surface area contributed by atoms with E-state index in [1.165, 1.54) is 0 Å². The van der Waals surface area contributed by atoms with E-state index in [2.05, 4.69) is 26.0 Å². The molecule has 0 unspecified atom stereocenters. The average Bonchev–Trinajstić information content (AvgIpc) is 2.71. The van der Waals surface area contributed by atoms with E-state index in [1.54, 1.807) is 6.92 Å². The lowest BCUT2D eigenvalue weighted by molar-refractivity contribution is 0.0683. The molecule has 0 amide bonds. The van der Waals surface area contributed by atoms with Crippen LogP contribution < -0.4 is 0 Å². The van der Waals surface area contributed by atoms with E-state index in [-0.39, 0.29) is 16.0 Å². The van der Waals surface area contributed by atoms with Gasteiger partial charge in [0.05, 0.1) is 0 Å². The molecule has 1 N–H and O–H groups in total. The van der Waals surface area contributed by atoms with Crippen molar-refractivity contribution in [3.8, 4) is 5.69 Å². The van der Waals surface area contributed by atoms with Crippen molar-refractivity contribution < 1.29 is 18.7 Å². The topological polar surface area (TPSA) is 68.0 Å². The van der Waals surface area contributed by atoms with Gasteiger partial charge in [0, 0.05) is 17.0 Å². The summed E-state index contributed by atoms with van der Waals surface area (Å²) in [5.74, 6) is -3.09. The highest BCUT2D eigenvalue weighted by molar-refractivity contribution is 9.10. The fourth-order valence-electron chi connectivity index (χ4n) is 1.58. The van der Waals surface area contributed by atoms with Crippen LogP contribution in [0.3, 0.4) is 0 Å². The van der Waals surface area contributed by atoms with Gasteiger partial charge in [-0.2, -0.15) is 0 Å². The zero-order valence-corrected chi connectivity index (χ0v) is 11.3. The van der Waals surface area contributed by atoms with Gasteiger partial charge in [0.15, 0.2) is 5.82 Å². The van der Waals surface area contributed by atoms with Crippen LogP contribution in [0.2, 0.25) is 0 Å². The molecule has 2 rings (SSSR count). The highest BCUT2D eigenvalue weighted by atomic mass is 79.9. The first-order valence-electron chi connectivity index (χ1n) is 5.28. The van der Waals surface area contributed by atoms with Gasteiger partial charge in [-0.15, -0.1) is 5.10 Å². The molecule has 0 saturated heterocycles. The Balaban J connectivity index is 2.68. The predicted octanol–water partition coefficient (Wildman–Crippen LogP) is 2.57. The Morgan fingerprint density at radius 3 is 2.68 bits per heavy atom. The summed E-state index contributed by atoms with van der Waals surface area (Å²) in [5.41, 5.74) is -0.0711. The second kappa shape index (κ2) is 5.04. The van der Waals surface area contributed by atoms with Gasteiger partial charge in [-0.3, -0.25) is 0 Å². The molecule has 5 nitrogen and oxygen atoms in total. The van der Waals surface area contributed by atoms with E-state index in [4.69, 9.17) is 5.11 Å². The molecular formula is C11H8BrF2N3O2. The van der Waals surface area contributed by atoms with E-state index >= 15 is 0 Å². The number of nitrogens with zero attached hydrogens (tertiary/aromatic N) is 3. The molecule has 1 aromatic carbocycles. The maximum absolute atomic E-state index is 13.8. The second-order valence-electron chi connectivity index (χ2n) is 3.64. The monoisotopic (exact) mass is 331 g/mol. The Hall–Kier alpha value is -1.83. The van der Waals surface area contributed by atoms with Crippen molar-refractivity contribution in [1.29, 1.82) is 0 Å². The van der Waals surface area contributed by atoms with Crippen LogP contribution in [0.4, 0.5) is 8.78 Å². The van der Waals surface area contributed by atoms with Crippen molar-refractivity contribution in [3.63, 3.8) is 0 Å². The molecule has 0 aliphatic carbocycles. The summed E-state index contributed by atoms with van der Waals surface area (Å²) in [6.45, 7) is 1.72. The van der Waals surface area contributed by atoms with Crippen molar-refractivity contribution in [3.05, 3.63) is 39.9 Å². The maximum atomic E-state index is 13.8. The SMILES string of the molecule is CCc1nc(C(=O)O)nn1-c1c(F)cc(F)cc1Br.